The fourth-order valence-electron chi connectivity index (χ4n) is 1.67. The first kappa shape index (κ1) is 10.5. The molecule has 0 aromatic carbocycles. The standard InChI is InChI=1S/C10H20N2O/c1-2-4-10(13)12-8-9-5-3-6-11-7-9/h9,11H,2-8H2,1H3,(H,12,13). The molecule has 0 saturated carbocycles. The molecule has 76 valence electrons. The van der Waals surface area contributed by atoms with Gasteiger partial charge in [0.2, 0.25) is 5.91 Å². The predicted molar refractivity (Wildman–Crippen MR) is 53.5 cm³/mol. The van der Waals surface area contributed by atoms with Gasteiger partial charge in [0, 0.05) is 13.0 Å². The Bertz CT molecular complexity index is 153. The Hall–Kier alpha value is -0.570. The number of carbonyl (C=O) groups is 1. The third-order valence-electron chi connectivity index (χ3n) is 2.46. The molecular weight excluding hydrogens is 164 g/mol. The minimum atomic E-state index is 0.202. The van der Waals surface area contributed by atoms with Crippen LogP contribution in [0, 0.1) is 5.92 Å². The van der Waals surface area contributed by atoms with Gasteiger partial charge in [-0.05, 0) is 38.3 Å². The number of hydrogen-bond acceptors (Lipinski definition) is 2. The average molecular weight is 184 g/mol. The Labute approximate surface area is 80.3 Å². The largest absolute Gasteiger partial charge is 0.356 e. The Kier molecular flexibility index (Phi) is 4.83. The van der Waals surface area contributed by atoms with Crippen LogP contribution in [0.15, 0.2) is 0 Å². The topological polar surface area (TPSA) is 41.1 Å². The molecule has 1 fully saturated rings. The van der Waals surface area contributed by atoms with Crippen LogP contribution >= 0.6 is 0 Å². The molecule has 3 nitrogen and oxygen atoms in total. The Morgan fingerprint density at radius 2 is 2.46 bits per heavy atom. The van der Waals surface area contributed by atoms with Crippen molar-refractivity contribution in [2.45, 2.75) is 32.6 Å². The van der Waals surface area contributed by atoms with E-state index in [1.165, 1.54) is 12.8 Å². The number of amides is 1. The zero-order valence-electron chi connectivity index (χ0n) is 8.44. The van der Waals surface area contributed by atoms with Crippen LogP contribution in [-0.2, 0) is 4.79 Å². The van der Waals surface area contributed by atoms with E-state index in [0.29, 0.717) is 12.3 Å². The van der Waals surface area contributed by atoms with Crippen molar-refractivity contribution < 1.29 is 4.79 Å². The summed E-state index contributed by atoms with van der Waals surface area (Å²) in [5.41, 5.74) is 0. The van der Waals surface area contributed by atoms with Crippen LogP contribution in [-0.4, -0.2) is 25.5 Å². The minimum Gasteiger partial charge on any atom is -0.356 e. The maximum atomic E-state index is 11.2. The Morgan fingerprint density at radius 3 is 3.08 bits per heavy atom. The Balaban J connectivity index is 2.06. The monoisotopic (exact) mass is 184 g/mol. The first-order valence-corrected chi connectivity index (χ1v) is 5.30. The molecule has 0 aliphatic carbocycles. The summed E-state index contributed by atoms with van der Waals surface area (Å²) >= 11 is 0. The van der Waals surface area contributed by atoms with Crippen LogP contribution in [0.5, 0.6) is 0 Å². The lowest BCUT2D eigenvalue weighted by atomic mass is 10.00. The highest BCUT2D eigenvalue weighted by Gasteiger charge is 2.13. The van der Waals surface area contributed by atoms with Crippen LogP contribution in [0.4, 0.5) is 0 Å². The second-order valence-electron chi connectivity index (χ2n) is 3.77. The lowest BCUT2D eigenvalue weighted by molar-refractivity contribution is -0.121. The molecule has 0 radical (unpaired) electrons. The first-order chi connectivity index (χ1) is 6.33. The van der Waals surface area contributed by atoms with Crippen LogP contribution < -0.4 is 10.6 Å². The zero-order valence-corrected chi connectivity index (χ0v) is 8.44. The van der Waals surface area contributed by atoms with Crippen LogP contribution in [0.2, 0.25) is 0 Å². The maximum absolute atomic E-state index is 11.2. The summed E-state index contributed by atoms with van der Waals surface area (Å²) in [4.78, 5) is 11.2. The molecule has 1 unspecified atom stereocenters. The zero-order chi connectivity index (χ0) is 9.52. The van der Waals surface area contributed by atoms with Gasteiger partial charge in [-0.25, -0.2) is 0 Å². The second kappa shape index (κ2) is 5.97. The maximum Gasteiger partial charge on any atom is 0.219 e. The van der Waals surface area contributed by atoms with Gasteiger partial charge in [0.25, 0.3) is 0 Å². The van der Waals surface area contributed by atoms with Gasteiger partial charge in [-0.15, -0.1) is 0 Å². The molecule has 13 heavy (non-hydrogen) atoms. The van der Waals surface area contributed by atoms with Crippen molar-refractivity contribution in [3.63, 3.8) is 0 Å². The van der Waals surface area contributed by atoms with E-state index >= 15 is 0 Å². The van der Waals surface area contributed by atoms with Crippen molar-refractivity contribution in [3.8, 4) is 0 Å². The summed E-state index contributed by atoms with van der Waals surface area (Å²) in [5.74, 6) is 0.850. The highest BCUT2D eigenvalue weighted by molar-refractivity contribution is 5.75. The van der Waals surface area contributed by atoms with Gasteiger partial charge in [0.1, 0.15) is 0 Å². The van der Waals surface area contributed by atoms with Crippen molar-refractivity contribution in [2.24, 2.45) is 5.92 Å². The van der Waals surface area contributed by atoms with E-state index in [9.17, 15) is 4.79 Å². The van der Waals surface area contributed by atoms with Gasteiger partial charge in [-0.3, -0.25) is 4.79 Å². The van der Waals surface area contributed by atoms with Crippen LogP contribution in [0.3, 0.4) is 0 Å². The third-order valence-corrected chi connectivity index (χ3v) is 2.46. The Morgan fingerprint density at radius 1 is 1.62 bits per heavy atom. The number of hydrogen-bond donors (Lipinski definition) is 2. The van der Waals surface area contributed by atoms with Gasteiger partial charge >= 0.3 is 0 Å². The lowest BCUT2D eigenvalue weighted by Crippen LogP contribution is -2.37. The van der Waals surface area contributed by atoms with Gasteiger partial charge in [-0.1, -0.05) is 6.92 Å². The smallest absolute Gasteiger partial charge is 0.219 e. The minimum absolute atomic E-state index is 0.202. The number of rotatable bonds is 4. The van der Waals surface area contributed by atoms with Gasteiger partial charge < -0.3 is 10.6 Å². The van der Waals surface area contributed by atoms with Crippen LogP contribution in [0.1, 0.15) is 32.6 Å². The van der Waals surface area contributed by atoms with Crippen molar-refractivity contribution >= 4 is 5.91 Å². The number of nitrogens with one attached hydrogen (secondary N) is 2. The van der Waals surface area contributed by atoms with E-state index in [-0.39, 0.29) is 5.91 Å². The van der Waals surface area contributed by atoms with Crippen molar-refractivity contribution in [1.82, 2.24) is 10.6 Å². The van der Waals surface area contributed by atoms with Crippen molar-refractivity contribution in [3.05, 3.63) is 0 Å². The molecule has 0 aromatic rings. The van der Waals surface area contributed by atoms with Crippen molar-refractivity contribution in [2.75, 3.05) is 19.6 Å². The van der Waals surface area contributed by atoms with Gasteiger partial charge in [0.05, 0.1) is 0 Å². The van der Waals surface area contributed by atoms with E-state index < -0.39 is 0 Å². The molecule has 2 N–H and O–H groups in total. The lowest BCUT2D eigenvalue weighted by Gasteiger charge is -2.22. The van der Waals surface area contributed by atoms with Gasteiger partial charge in [0.15, 0.2) is 0 Å². The van der Waals surface area contributed by atoms with E-state index in [4.69, 9.17) is 0 Å². The average Bonchev–Trinajstić information content (AvgIpc) is 2.17. The molecule has 1 rings (SSSR count). The molecule has 0 spiro atoms. The summed E-state index contributed by atoms with van der Waals surface area (Å²) in [6.07, 6.45) is 4.10. The fourth-order valence-corrected chi connectivity index (χ4v) is 1.67. The van der Waals surface area contributed by atoms with Gasteiger partial charge in [-0.2, -0.15) is 0 Å². The molecule has 1 heterocycles. The van der Waals surface area contributed by atoms with E-state index in [1.807, 2.05) is 6.92 Å². The first-order valence-electron chi connectivity index (χ1n) is 5.30. The second-order valence-corrected chi connectivity index (χ2v) is 3.77. The highest BCUT2D eigenvalue weighted by Crippen LogP contribution is 2.08. The summed E-state index contributed by atoms with van der Waals surface area (Å²) in [6, 6.07) is 0. The molecular formula is C10H20N2O. The predicted octanol–water partition coefficient (Wildman–Crippen LogP) is 0.902. The number of piperidine rings is 1. The van der Waals surface area contributed by atoms with E-state index in [2.05, 4.69) is 10.6 Å². The quantitative estimate of drug-likeness (QED) is 0.681. The van der Waals surface area contributed by atoms with E-state index in [0.717, 1.165) is 26.1 Å². The molecule has 1 saturated heterocycles. The molecule has 1 aliphatic heterocycles. The molecule has 1 aliphatic rings. The fraction of sp³-hybridized carbons (Fsp3) is 0.900. The molecule has 1 amide bonds. The summed E-state index contributed by atoms with van der Waals surface area (Å²) < 4.78 is 0. The van der Waals surface area contributed by atoms with Crippen LogP contribution in [0.25, 0.3) is 0 Å². The molecule has 1 atom stereocenters. The molecule has 3 heteroatoms. The third kappa shape index (κ3) is 4.27. The summed E-state index contributed by atoms with van der Waals surface area (Å²) in [7, 11) is 0. The SMILES string of the molecule is CCCC(=O)NCC1CCCNC1. The van der Waals surface area contributed by atoms with E-state index in [1.54, 1.807) is 0 Å². The summed E-state index contributed by atoms with van der Waals surface area (Å²) in [5, 5.41) is 6.31. The summed E-state index contributed by atoms with van der Waals surface area (Å²) in [6.45, 7) is 5.08. The highest BCUT2D eigenvalue weighted by atomic mass is 16.1. The molecule has 0 bridgehead atoms. The number of carbonyl (C=O) groups excluding carboxylic acids is 1. The molecule has 0 aromatic heterocycles. The normalized spacial score (nSPS) is 22.7. The van der Waals surface area contributed by atoms with Crippen molar-refractivity contribution in [1.29, 1.82) is 0 Å².